The minimum Gasteiger partial charge on any atom is -0.748 e. The second-order valence-corrected chi connectivity index (χ2v) is 16.6. The van der Waals surface area contributed by atoms with Crippen LogP contribution in [0.25, 0.3) is 0 Å². The zero-order valence-electron chi connectivity index (χ0n) is 36.0. The first kappa shape index (κ1) is 45.4. The van der Waals surface area contributed by atoms with E-state index >= 15 is 0 Å². The highest BCUT2D eigenvalue weighted by Gasteiger charge is 2.33. The predicted molar refractivity (Wildman–Crippen MR) is 245 cm³/mol. The first-order chi connectivity index (χ1) is 30.2. The van der Waals surface area contributed by atoms with E-state index in [1.54, 1.807) is 12.1 Å². The average Bonchev–Trinajstić information content (AvgIpc) is 3.27. The van der Waals surface area contributed by atoms with Crippen LogP contribution in [0.3, 0.4) is 0 Å². The highest BCUT2D eigenvalue weighted by Crippen LogP contribution is 2.35. The van der Waals surface area contributed by atoms with Crippen molar-refractivity contribution in [1.29, 1.82) is 0 Å². The van der Waals surface area contributed by atoms with Crippen molar-refractivity contribution in [2.45, 2.75) is 25.9 Å². The highest BCUT2D eigenvalue weighted by atomic mass is 32.2. The molecular weight excluding hydrogens is 817 g/mol. The molecular formula is C47H51N10O5S+. The van der Waals surface area contributed by atoms with Crippen molar-refractivity contribution >= 4 is 67.2 Å². The van der Waals surface area contributed by atoms with Crippen LogP contribution in [-0.4, -0.2) is 72.1 Å². The molecule has 0 fully saturated rings. The lowest BCUT2D eigenvalue weighted by Gasteiger charge is -2.23. The van der Waals surface area contributed by atoms with Crippen molar-refractivity contribution in [1.82, 2.24) is 0 Å². The number of ketones is 2. The van der Waals surface area contributed by atoms with Gasteiger partial charge in [0, 0.05) is 106 Å². The highest BCUT2D eigenvalue weighted by molar-refractivity contribution is 7.84. The maximum absolute atomic E-state index is 14.2. The Morgan fingerprint density at radius 2 is 0.921 bits per heavy atom. The Labute approximate surface area is 368 Å². The van der Waals surface area contributed by atoms with E-state index in [2.05, 4.69) is 40.2 Å². The molecule has 0 amide bonds. The maximum atomic E-state index is 14.2. The number of aromatic nitrogens is 2. The molecule has 1 aliphatic carbocycles. The molecule has 324 valence electrons. The van der Waals surface area contributed by atoms with E-state index in [1.807, 2.05) is 160 Å². The van der Waals surface area contributed by atoms with E-state index in [1.165, 1.54) is 0 Å². The molecule has 4 aromatic carbocycles. The minimum absolute atomic E-state index is 0.151. The number of aryl methyl sites for hydroxylation is 2. The van der Waals surface area contributed by atoms with Gasteiger partial charge in [0.15, 0.2) is 36.4 Å². The SMILES string of the molecule is CN(C)c1ccc(N=Nc2ccc[n+](CCCNc3cccc4c3C(=O)c3c(NCCC[n+]5cccc(N=Nc6ccc(N(C)C)cc6)c5)cccc3C4=O)c2)cc1.CS(=O)(=O)[O-]. The molecule has 6 aromatic rings. The fourth-order valence-corrected chi connectivity index (χ4v) is 6.78. The van der Waals surface area contributed by atoms with Crippen molar-refractivity contribution in [2.75, 3.05) is 68.0 Å². The average molecular weight is 868 g/mol. The van der Waals surface area contributed by atoms with Crippen LogP contribution in [0.5, 0.6) is 0 Å². The minimum atomic E-state index is -3.92. The number of anilines is 4. The molecule has 0 aliphatic heterocycles. The third-order valence-corrected chi connectivity index (χ3v) is 9.87. The Kier molecular flexibility index (Phi) is 15.2. The molecule has 0 spiro atoms. The number of pyridine rings is 2. The summed E-state index contributed by atoms with van der Waals surface area (Å²) in [5.74, 6) is -0.314. The smallest absolute Gasteiger partial charge is 0.198 e. The first-order valence-electron chi connectivity index (χ1n) is 20.3. The van der Waals surface area contributed by atoms with Crippen molar-refractivity contribution in [3.05, 3.63) is 156 Å². The van der Waals surface area contributed by atoms with Gasteiger partial charge in [-0.1, -0.05) is 24.3 Å². The Bertz CT molecular complexity index is 2540. The first-order valence-corrected chi connectivity index (χ1v) is 22.2. The summed E-state index contributed by atoms with van der Waals surface area (Å²) in [6.45, 7) is 2.66. The summed E-state index contributed by atoms with van der Waals surface area (Å²) in [4.78, 5) is 32.1. The molecule has 2 N–H and O–H groups in total. The van der Waals surface area contributed by atoms with Gasteiger partial charge in [-0.3, -0.25) is 9.59 Å². The number of azo groups is 2. The van der Waals surface area contributed by atoms with Gasteiger partial charge in [0.2, 0.25) is 0 Å². The lowest BCUT2D eigenvalue weighted by molar-refractivity contribution is -0.696. The van der Waals surface area contributed by atoms with Gasteiger partial charge in [-0.15, -0.1) is 10.2 Å². The van der Waals surface area contributed by atoms with Crippen LogP contribution in [0.15, 0.2) is 154 Å². The Morgan fingerprint density at radius 3 is 1.30 bits per heavy atom. The zero-order chi connectivity index (χ0) is 44.9. The van der Waals surface area contributed by atoms with E-state index in [0.29, 0.717) is 53.0 Å². The number of nitrogens with one attached hydrogen (secondary N) is 2. The molecule has 2 aromatic heterocycles. The van der Waals surface area contributed by atoms with Crippen LogP contribution < -0.4 is 29.6 Å². The van der Waals surface area contributed by atoms with Crippen LogP contribution in [0.2, 0.25) is 0 Å². The van der Waals surface area contributed by atoms with Gasteiger partial charge in [-0.2, -0.15) is 10.2 Å². The fourth-order valence-electron chi connectivity index (χ4n) is 6.78. The molecule has 1 aliphatic rings. The van der Waals surface area contributed by atoms with Crippen LogP contribution in [0, 0.1) is 0 Å². The number of fused-ring (bicyclic) bond motifs is 2. The lowest BCUT2D eigenvalue weighted by atomic mass is 9.82. The van der Waals surface area contributed by atoms with Crippen LogP contribution in [0.4, 0.5) is 45.5 Å². The Balaban J connectivity index is 0.00000125. The second-order valence-electron chi connectivity index (χ2n) is 15.2. The number of hydrogen-bond acceptors (Lipinski definition) is 13. The molecule has 15 nitrogen and oxygen atoms in total. The van der Waals surface area contributed by atoms with Crippen LogP contribution >= 0.6 is 0 Å². The Morgan fingerprint density at radius 1 is 0.540 bits per heavy atom. The zero-order valence-corrected chi connectivity index (χ0v) is 36.8. The molecule has 2 heterocycles. The van der Waals surface area contributed by atoms with E-state index in [9.17, 15) is 9.59 Å². The van der Waals surface area contributed by atoms with Gasteiger partial charge < -0.3 is 25.0 Å². The molecule has 0 bridgehead atoms. The summed E-state index contributed by atoms with van der Waals surface area (Å²) in [7, 11) is 4.10. The van der Waals surface area contributed by atoms with Gasteiger partial charge in [0.05, 0.1) is 32.6 Å². The summed E-state index contributed by atoms with van der Waals surface area (Å²) in [5.41, 5.74) is 8.27. The number of carbonyl (C=O) groups excluding carboxylic acids is 2. The summed E-state index contributed by atoms with van der Waals surface area (Å²) in [6, 6.07) is 34.5. The summed E-state index contributed by atoms with van der Waals surface area (Å²) >= 11 is 0. The van der Waals surface area contributed by atoms with Gasteiger partial charge in [-0.25, -0.2) is 17.6 Å². The number of benzene rings is 4. The fraction of sp³-hybridized carbons (Fsp3) is 0.234. The molecule has 0 radical (unpaired) electrons. The largest absolute Gasteiger partial charge is 0.748 e. The van der Waals surface area contributed by atoms with Gasteiger partial charge in [-0.05, 0) is 72.8 Å². The van der Waals surface area contributed by atoms with Crippen molar-refractivity contribution in [2.24, 2.45) is 20.5 Å². The van der Waals surface area contributed by atoms with E-state index in [0.717, 1.165) is 60.1 Å². The monoisotopic (exact) mass is 867 g/mol. The normalized spacial score (nSPS) is 12.1. The number of carbonyl (C=O) groups is 2. The number of rotatable bonds is 16. The molecule has 16 heteroatoms. The molecule has 63 heavy (non-hydrogen) atoms. The van der Waals surface area contributed by atoms with Crippen LogP contribution in [-0.2, 0) is 23.2 Å². The maximum Gasteiger partial charge on any atom is 0.198 e. The van der Waals surface area contributed by atoms with Gasteiger partial charge in [0.1, 0.15) is 24.5 Å². The second kappa shape index (κ2) is 21.1. The summed E-state index contributed by atoms with van der Waals surface area (Å²) in [6.07, 6.45) is 10.1. The van der Waals surface area contributed by atoms with Crippen molar-refractivity contribution in [3.63, 3.8) is 0 Å². The standard InChI is InChI=1S/C46H47N10O2.CH4O3S/c1-53(2)37-21-17-33(18-22-37)49-51-35-11-7-27-55(31-35)29-9-25-47-41-15-5-13-39-43(41)46(58)44-40(45(39)57)14-6-16-42(44)48-26-10-30-56-28-8-12-36(32-56)52-50-34-19-23-38(24-20-34)54(3)4;1-5(2,3)4/h5-8,11-24,27-28,31-32H,9-10,25-26,29-30H2,1-4H3,(H-,47,48,58);1H3,(H,2,3,4)/q+1;. The van der Waals surface area contributed by atoms with Gasteiger partial charge >= 0.3 is 0 Å². The topological polar surface area (TPSA) is 179 Å². The predicted octanol–water partition coefficient (Wildman–Crippen LogP) is 8.17. The number of nitrogens with zero attached hydrogens (tertiary/aromatic N) is 8. The summed E-state index contributed by atoms with van der Waals surface area (Å²) in [5, 5.41) is 24.5. The Hall–Kier alpha value is -7.17. The van der Waals surface area contributed by atoms with E-state index < -0.39 is 10.1 Å². The molecule has 0 saturated heterocycles. The molecule has 7 rings (SSSR count). The third-order valence-electron chi connectivity index (χ3n) is 9.87. The van der Waals surface area contributed by atoms with Crippen molar-refractivity contribution in [3.8, 4) is 0 Å². The van der Waals surface area contributed by atoms with Crippen LogP contribution in [0.1, 0.15) is 44.7 Å². The number of hydrogen-bond donors (Lipinski definition) is 2. The molecule has 0 atom stereocenters. The van der Waals surface area contributed by atoms with E-state index in [4.69, 9.17) is 13.0 Å². The quantitative estimate of drug-likeness (QED) is 0.0420. The molecule has 0 saturated carbocycles. The van der Waals surface area contributed by atoms with Gasteiger partial charge in [0.25, 0.3) is 0 Å². The summed E-state index contributed by atoms with van der Waals surface area (Å²) < 4.78 is 31.4. The lowest BCUT2D eigenvalue weighted by Crippen LogP contribution is -2.33. The molecule has 0 unspecified atom stereocenters. The third kappa shape index (κ3) is 12.9. The van der Waals surface area contributed by atoms with E-state index in [-0.39, 0.29) is 11.6 Å². The van der Waals surface area contributed by atoms with Crippen molar-refractivity contribution < 1.29 is 31.7 Å².